The van der Waals surface area contributed by atoms with Gasteiger partial charge >= 0.3 is 6.18 Å². The van der Waals surface area contributed by atoms with Crippen LogP contribution in [-0.4, -0.2) is 24.6 Å². The van der Waals surface area contributed by atoms with Gasteiger partial charge in [0, 0.05) is 5.92 Å². The van der Waals surface area contributed by atoms with Gasteiger partial charge in [-0.3, -0.25) is 5.41 Å². The lowest BCUT2D eigenvalue weighted by Crippen LogP contribution is -2.26. The van der Waals surface area contributed by atoms with Gasteiger partial charge in [0.25, 0.3) is 6.02 Å². The average Bonchev–Trinajstić information content (AvgIpc) is 1.99. The summed E-state index contributed by atoms with van der Waals surface area (Å²) >= 11 is 0. The van der Waals surface area contributed by atoms with Crippen molar-refractivity contribution in [3.8, 4) is 0 Å². The fourth-order valence-electron chi connectivity index (χ4n) is 0.436. The van der Waals surface area contributed by atoms with Gasteiger partial charge in [-0.05, 0) is 0 Å². The molecule has 0 heterocycles. The normalized spacial score (nSPS) is 13.1. The second-order valence-electron chi connectivity index (χ2n) is 2.89. The van der Waals surface area contributed by atoms with E-state index in [0.29, 0.717) is 0 Å². The fraction of sp³-hybridized carbons (Fsp3) is 0.714. The van der Waals surface area contributed by atoms with Crippen LogP contribution in [0.25, 0.3) is 0 Å². The van der Waals surface area contributed by atoms with Crippen molar-refractivity contribution in [2.24, 2.45) is 16.6 Å². The van der Waals surface area contributed by atoms with E-state index in [0.717, 1.165) is 0 Å². The maximum atomic E-state index is 11.6. The van der Waals surface area contributed by atoms with Crippen LogP contribution in [-0.2, 0) is 4.74 Å². The van der Waals surface area contributed by atoms with E-state index in [-0.39, 0.29) is 11.8 Å². The summed E-state index contributed by atoms with van der Waals surface area (Å²) in [5.74, 6) is -0.326. The monoisotopic (exact) mass is 211 g/mol. The summed E-state index contributed by atoms with van der Waals surface area (Å²) in [6.07, 6.45) is -4.44. The van der Waals surface area contributed by atoms with Crippen LogP contribution in [0.5, 0.6) is 0 Å². The molecule has 0 saturated carbocycles. The smallest absolute Gasteiger partial charge is 0.422 e. The Balaban J connectivity index is 4.08. The fourth-order valence-corrected chi connectivity index (χ4v) is 0.436. The predicted octanol–water partition coefficient (Wildman–Crippen LogP) is 1.51. The quantitative estimate of drug-likeness (QED) is 0.536. The summed E-state index contributed by atoms with van der Waals surface area (Å²) in [6.45, 7) is 1.85. The van der Waals surface area contributed by atoms with Gasteiger partial charge in [-0.25, -0.2) is 0 Å². The molecule has 0 spiro atoms. The first kappa shape index (κ1) is 12.7. The Bertz CT molecular complexity index is 235. The lowest BCUT2D eigenvalue weighted by atomic mass is 10.2. The van der Waals surface area contributed by atoms with Crippen LogP contribution in [0, 0.1) is 11.3 Å². The average molecular weight is 211 g/mol. The van der Waals surface area contributed by atoms with Crippen molar-refractivity contribution in [2.45, 2.75) is 20.0 Å². The highest BCUT2D eigenvalue weighted by atomic mass is 19.4. The minimum absolute atomic E-state index is 0.121. The Hall–Kier alpha value is -1.27. The molecule has 0 aromatic rings. The molecule has 7 heteroatoms. The maximum Gasteiger partial charge on any atom is 0.422 e. The van der Waals surface area contributed by atoms with E-state index in [2.05, 4.69) is 9.73 Å². The summed E-state index contributed by atoms with van der Waals surface area (Å²) in [5, 5.41) is 7.18. The highest BCUT2D eigenvalue weighted by Gasteiger charge is 2.28. The molecule has 3 N–H and O–H groups in total. The van der Waals surface area contributed by atoms with Crippen molar-refractivity contribution in [3.05, 3.63) is 0 Å². The zero-order valence-corrected chi connectivity index (χ0v) is 7.85. The minimum atomic E-state index is -4.44. The van der Waals surface area contributed by atoms with Gasteiger partial charge in [0.15, 0.2) is 6.61 Å². The Morgan fingerprint density at radius 1 is 1.50 bits per heavy atom. The number of alkyl halides is 3. The van der Waals surface area contributed by atoms with E-state index >= 15 is 0 Å². The molecule has 0 aromatic heterocycles. The number of hydrogen-bond acceptors (Lipinski definition) is 2. The standard InChI is InChI=1S/C7H12F3N3O/c1-4(2)5(11)13-6(12)14-3-7(8,9)10/h4H,3H2,1-2H3,(H3,11,12,13). The van der Waals surface area contributed by atoms with Crippen molar-refractivity contribution in [3.63, 3.8) is 0 Å². The molecule has 0 aliphatic carbocycles. The second kappa shape index (κ2) is 4.83. The molecule has 14 heavy (non-hydrogen) atoms. The second-order valence-corrected chi connectivity index (χ2v) is 2.89. The van der Waals surface area contributed by atoms with Crippen molar-refractivity contribution < 1.29 is 17.9 Å². The van der Waals surface area contributed by atoms with Gasteiger partial charge in [-0.15, -0.1) is 0 Å². The number of amidine groups is 2. The highest BCUT2D eigenvalue weighted by Crippen LogP contribution is 2.14. The van der Waals surface area contributed by atoms with Crippen LogP contribution in [0.15, 0.2) is 4.99 Å². The number of ether oxygens (including phenoxy) is 1. The van der Waals surface area contributed by atoms with E-state index in [1.165, 1.54) is 0 Å². The van der Waals surface area contributed by atoms with Gasteiger partial charge in [0.05, 0.1) is 0 Å². The van der Waals surface area contributed by atoms with E-state index in [4.69, 9.17) is 11.1 Å². The largest absolute Gasteiger partial charge is 0.455 e. The Morgan fingerprint density at radius 3 is 2.36 bits per heavy atom. The first-order valence-corrected chi connectivity index (χ1v) is 3.84. The number of aliphatic imine (C=N–C) groups is 1. The van der Waals surface area contributed by atoms with E-state index < -0.39 is 18.8 Å². The first-order valence-electron chi connectivity index (χ1n) is 3.84. The zero-order valence-electron chi connectivity index (χ0n) is 7.85. The Morgan fingerprint density at radius 2 is 2.00 bits per heavy atom. The van der Waals surface area contributed by atoms with Crippen LogP contribution in [0.1, 0.15) is 13.8 Å². The molecular formula is C7H12F3N3O. The SMILES string of the molecule is CC(C)C(=N)N=C(N)OCC(F)(F)F. The molecule has 0 unspecified atom stereocenters. The number of halogens is 3. The third-order valence-electron chi connectivity index (χ3n) is 1.16. The van der Waals surface area contributed by atoms with Gasteiger partial charge in [-0.2, -0.15) is 18.2 Å². The van der Waals surface area contributed by atoms with Gasteiger partial charge in [0.1, 0.15) is 5.84 Å². The Kier molecular flexibility index (Phi) is 4.39. The molecule has 0 amide bonds. The molecule has 0 atom stereocenters. The van der Waals surface area contributed by atoms with Crippen molar-refractivity contribution >= 4 is 11.9 Å². The van der Waals surface area contributed by atoms with Crippen molar-refractivity contribution in [1.29, 1.82) is 5.41 Å². The third kappa shape index (κ3) is 6.27. The first-order chi connectivity index (χ1) is 6.22. The van der Waals surface area contributed by atoms with Gasteiger partial charge in [-0.1, -0.05) is 13.8 Å². The van der Waals surface area contributed by atoms with E-state index in [1.807, 2.05) is 0 Å². The van der Waals surface area contributed by atoms with E-state index in [9.17, 15) is 13.2 Å². The minimum Gasteiger partial charge on any atom is -0.455 e. The molecule has 0 aromatic carbocycles. The molecule has 0 bridgehead atoms. The van der Waals surface area contributed by atoms with Crippen LogP contribution in [0.3, 0.4) is 0 Å². The van der Waals surface area contributed by atoms with E-state index in [1.54, 1.807) is 13.8 Å². The summed E-state index contributed by atoms with van der Waals surface area (Å²) in [7, 11) is 0. The van der Waals surface area contributed by atoms with Gasteiger partial charge < -0.3 is 10.5 Å². The Labute approximate surface area is 79.5 Å². The predicted molar refractivity (Wildman–Crippen MR) is 46.2 cm³/mol. The highest BCUT2D eigenvalue weighted by molar-refractivity contribution is 5.92. The molecule has 0 radical (unpaired) electrons. The molecule has 4 nitrogen and oxygen atoms in total. The molecule has 0 aliphatic rings. The molecular weight excluding hydrogens is 199 g/mol. The lowest BCUT2D eigenvalue weighted by Gasteiger charge is -2.08. The van der Waals surface area contributed by atoms with Gasteiger partial charge in [0.2, 0.25) is 0 Å². The maximum absolute atomic E-state index is 11.6. The van der Waals surface area contributed by atoms with Crippen LogP contribution in [0.4, 0.5) is 13.2 Å². The molecule has 82 valence electrons. The zero-order chi connectivity index (χ0) is 11.4. The summed E-state index contributed by atoms with van der Waals surface area (Å²) in [4.78, 5) is 3.34. The van der Waals surface area contributed by atoms with Crippen LogP contribution < -0.4 is 5.73 Å². The summed E-state index contributed by atoms with van der Waals surface area (Å²) < 4.78 is 39.0. The molecule has 0 rings (SSSR count). The van der Waals surface area contributed by atoms with Crippen molar-refractivity contribution in [1.82, 2.24) is 0 Å². The molecule has 0 fully saturated rings. The number of rotatable bonds is 2. The third-order valence-corrected chi connectivity index (χ3v) is 1.16. The summed E-state index contributed by atoms with van der Waals surface area (Å²) in [5.41, 5.74) is 5.01. The number of nitrogens with zero attached hydrogens (tertiary/aromatic N) is 1. The number of nitrogens with one attached hydrogen (secondary N) is 1. The molecule has 0 aliphatic heterocycles. The number of hydrogen-bond donors (Lipinski definition) is 2. The van der Waals surface area contributed by atoms with Crippen molar-refractivity contribution in [2.75, 3.05) is 6.61 Å². The topological polar surface area (TPSA) is 71.5 Å². The van der Waals surface area contributed by atoms with Crippen LogP contribution in [0.2, 0.25) is 0 Å². The number of nitrogens with two attached hydrogens (primary N) is 1. The van der Waals surface area contributed by atoms with Crippen LogP contribution >= 0.6 is 0 Å². The molecule has 0 saturated heterocycles. The lowest BCUT2D eigenvalue weighted by molar-refractivity contribution is -0.156. The summed E-state index contributed by atoms with van der Waals surface area (Å²) in [6, 6.07) is -0.638.